The predicted octanol–water partition coefficient (Wildman–Crippen LogP) is 1.32. The van der Waals surface area contributed by atoms with E-state index in [1.54, 1.807) is 0 Å². The second-order valence-corrected chi connectivity index (χ2v) is 6.30. The van der Waals surface area contributed by atoms with Crippen molar-refractivity contribution in [2.45, 2.75) is 52.1 Å². The van der Waals surface area contributed by atoms with E-state index in [-0.39, 0.29) is 36.9 Å². The molecule has 1 aliphatic heterocycles. The van der Waals surface area contributed by atoms with E-state index in [1.165, 1.54) is 0 Å². The summed E-state index contributed by atoms with van der Waals surface area (Å²) in [5.41, 5.74) is 5.43. The zero-order valence-electron chi connectivity index (χ0n) is 14.4. The van der Waals surface area contributed by atoms with Crippen LogP contribution in [0, 0.1) is 5.92 Å². The highest BCUT2D eigenvalue weighted by Gasteiger charge is 2.23. The minimum Gasteiger partial charge on any atom is -0.378 e. The number of carbonyl (C=O) groups excluding carboxylic acids is 2. The van der Waals surface area contributed by atoms with E-state index in [0.717, 1.165) is 25.7 Å². The number of hydrogen-bond donors (Lipinski definition) is 2. The van der Waals surface area contributed by atoms with Crippen LogP contribution in [0.25, 0.3) is 0 Å². The number of hydrogen-bond acceptors (Lipinski definition) is 4. The van der Waals surface area contributed by atoms with Crippen LogP contribution in [-0.4, -0.2) is 55.6 Å². The maximum atomic E-state index is 12.1. The molecule has 3 N–H and O–H groups in total. The monoisotopic (exact) mass is 349 g/mol. The molecule has 7 heteroatoms. The molecule has 0 unspecified atom stereocenters. The summed E-state index contributed by atoms with van der Waals surface area (Å²) >= 11 is 0. The number of ether oxygens (including phenoxy) is 1. The van der Waals surface area contributed by atoms with Crippen LogP contribution in [0.15, 0.2) is 0 Å². The average molecular weight is 350 g/mol. The van der Waals surface area contributed by atoms with Gasteiger partial charge in [0.1, 0.15) is 0 Å². The van der Waals surface area contributed by atoms with Crippen LogP contribution in [0.5, 0.6) is 0 Å². The highest BCUT2D eigenvalue weighted by Crippen LogP contribution is 2.14. The minimum absolute atomic E-state index is 0. The van der Waals surface area contributed by atoms with Gasteiger partial charge in [0.15, 0.2) is 0 Å². The van der Waals surface area contributed by atoms with Crippen molar-refractivity contribution in [2.24, 2.45) is 11.7 Å². The molecule has 0 aliphatic carbocycles. The van der Waals surface area contributed by atoms with Crippen molar-refractivity contribution in [3.8, 4) is 0 Å². The Morgan fingerprint density at radius 3 is 2.52 bits per heavy atom. The second-order valence-electron chi connectivity index (χ2n) is 6.30. The quantitative estimate of drug-likeness (QED) is 0.615. The molecule has 0 spiro atoms. The molecule has 0 aromatic heterocycles. The molecular formula is C16H32ClN3O3. The third-order valence-corrected chi connectivity index (χ3v) is 3.88. The van der Waals surface area contributed by atoms with E-state index in [4.69, 9.17) is 10.5 Å². The molecule has 136 valence electrons. The van der Waals surface area contributed by atoms with Gasteiger partial charge < -0.3 is 20.7 Å². The van der Waals surface area contributed by atoms with Gasteiger partial charge >= 0.3 is 0 Å². The van der Waals surface area contributed by atoms with Crippen molar-refractivity contribution in [1.82, 2.24) is 10.2 Å². The zero-order chi connectivity index (χ0) is 16.4. The molecule has 0 radical (unpaired) electrons. The maximum absolute atomic E-state index is 12.1. The van der Waals surface area contributed by atoms with Crippen molar-refractivity contribution in [3.63, 3.8) is 0 Å². The van der Waals surface area contributed by atoms with Crippen LogP contribution in [0.3, 0.4) is 0 Å². The number of rotatable bonds is 9. The van der Waals surface area contributed by atoms with Gasteiger partial charge in [-0.15, -0.1) is 12.4 Å². The van der Waals surface area contributed by atoms with E-state index < -0.39 is 0 Å². The molecule has 0 aromatic rings. The largest absolute Gasteiger partial charge is 0.378 e. The van der Waals surface area contributed by atoms with Crippen molar-refractivity contribution in [2.75, 3.05) is 32.8 Å². The Labute approximate surface area is 145 Å². The van der Waals surface area contributed by atoms with Gasteiger partial charge in [0, 0.05) is 26.1 Å². The normalized spacial score (nSPS) is 15.4. The molecular weight excluding hydrogens is 318 g/mol. The fraction of sp³-hybridized carbons (Fsp3) is 0.875. The standard InChI is InChI=1S/C16H31N3O3.ClH/c1-13(2)4-5-15(20)18-12-16(21)19-9-6-14(7-10-19)22-11-3-8-17;/h13-14H,3-12,17H2,1-2H3,(H,18,20);1H. The van der Waals surface area contributed by atoms with Crippen LogP contribution in [0.4, 0.5) is 0 Å². The van der Waals surface area contributed by atoms with E-state index in [0.29, 0.717) is 38.6 Å². The summed E-state index contributed by atoms with van der Waals surface area (Å²) in [6, 6.07) is 0. The Balaban J connectivity index is 0.00000484. The van der Waals surface area contributed by atoms with Crippen LogP contribution < -0.4 is 11.1 Å². The predicted molar refractivity (Wildman–Crippen MR) is 93.6 cm³/mol. The van der Waals surface area contributed by atoms with Gasteiger partial charge in [-0.05, 0) is 38.1 Å². The molecule has 23 heavy (non-hydrogen) atoms. The Morgan fingerprint density at radius 1 is 1.30 bits per heavy atom. The number of likely N-dealkylation sites (tertiary alicyclic amines) is 1. The highest BCUT2D eigenvalue weighted by atomic mass is 35.5. The first-order valence-corrected chi connectivity index (χ1v) is 8.39. The Hall–Kier alpha value is -0.850. The fourth-order valence-electron chi connectivity index (χ4n) is 2.40. The Kier molecular flexibility index (Phi) is 12.1. The topological polar surface area (TPSA) is 84.7 Å². The Bertz CT molecular complexity index is 345. The summed E-state index contributed by atoms with van der Waals surface area (Å²) in [6.45, 7) is 7.02. The van der Waals surface area contributed by atoms with E-state index in [1.807, 2.05) is 4.90 Å². The first-order chi connectivity index (χ1) is 10.5. The minimum atomic E-state index is -0.0398. The second kappa shape index (κ2) is 12.6. The SMILES string of the molecule is CC(C)CCC(=O)NCC(=O)N1CCC(OCCCN)CC1.Cl. The molecule has 2 amide bonds. The number of nitrogens with one attached hydrogen (secondary N) is 1. The molecule has 6 nitrogen and oxygen atoms in total. The maximum Gasteiger partial charge on any atom is 0.241 e. The molecule has 0 aromatic carbocycles. The molecule has 1 saturated heterocycles. The lowest BCUT2D eigenvalue weighted by Gasteiger charge is -2.32. The third kappa shape index (κ3) is 9.79. The highest BCUT2D eigenvalue weighted by molar-refractivity contribution is 5.85. The van der Waals surface area contributed by atoms with E-state index >= 15 is 0 Å². The van der Waals surface area contributed by atoms with Gasteiger partial charge in [-0.3, -0.25) is 9.59 Å². The summed E-state index contributed by atoms with van der Waals surface area (Å²) in [4.78, 5) is 25.5. The number of carbonyl (C=O) groups is 2. The molecule has 0 bridgehead atoms. The summed E-state index contributed by atoms with van der Waals surface area (Å²) < 4.78 is 5.72. The van der Waals surface area contributed by atoms with Gasteiger partial charge in [-0.2, -0.15) is 0 Å². The number of amides is 2. The molecule has 1 aliphatic rings. The third-order valence-electron chi connectivity index (χ3n) is 3.88. The van der Waals surface area contributed by atoms with Crippen molar-refractivity contribution in [3.05, 3.63) is 0 Å². The van der Waals surface area contributed by atoms with E-state index in [9.17, 15) is 9.59 Å². The van der Waals surface area contributed by atoms with Crippen molar-refractivity contribution < 1.29 is 14.3 Å². The van der Waals surface area contributed by atoms with Gasteiger partial charge in [-0.25, -0.2) is 0 Å². The van der Waals surface area contributed by atoms with Gasteiger partial charge in [0.25, 0.3) is 0 Å². The lowest BCUT2D eigenvalue weighted by atomic mass is 10.1. The Morgan fingerprint density at radius 2 is 1.96 bits per heavy atom. The molecule has 0 saturated carbocycles. The number of nitrogens with zero attached hydrogens (tertiary/aromatic N) is 1. The lowest BCUT2D eigenvalue weighted by Crippen LogP contribution is -2.45. The van der Waals surface area contributed by atoms with Crippen LogP contribution in [0.1, 0.15) is 46.0 Å². The molecule has 1 fully saturated rings. The smallest absolute Gasteiger partial charge is 0.241 e. The van der Waals surface area contributed by atoms with E-state index in [2.05, 4.69) is 19.2 Å². The molecule has 1 rings (SSSR count). The summed E-state index contributed by atoms with van der Waals surface area (Å²) in [5, 5.41) is 2.71. The first kappa shape index (κ1) is 22.1. The van der Waals surface area contributed by atoms with Gasteiger partial charge in [0.2, 0.25) is 11.8 Å². The van der Waals surface area contributed by atoms with Crippen LogP contribution in [0.2, 0.25) is 0 Å². The number of halogens is 1. The average Bonchev–Trinajstić information content (AvgIpc) is 2.51. The zero-order valence-corrected chi connectivity index (χ0v) is 15.2. The summed E-state index contributed by atoms with van der Waals surface area (Å²) in [7, 11) is 0. The number of nitrogens with two attached hydrogens (primary N) is 1. The number of piperidine rings is 1. The van der Waals surface area contributed by atoms with Gasteiger partial charge in [0.05, 0.1) is 12.6 Å². The van der Waals surface area contributed by atoms with Crippen LogP contribution >= 0.6 is 12.4 Å². The van der Waals surface area contributed by atoms with Gasteiger partial charge in [-0.1, -0.05) is 13.8 Å². The van der Waals surface area contributed by atoms with Crippen molar-refractivity contribution >= 4 is 24.2 Å². The first-order valence-electron chi connectivity index (χ1n) is 8.39. The molecule has 0 atom stereocenters. The van der Waals surface area contributed by atoms with Crippen molar-refractivity contribution in [1.29, 1.82) is 0 Å². The summed E-state index contributed by atoms with van der Waals surface area (Å²) in [5.74, 6) is 0.458. The fourth-order valence-corrected chi connectivity index (χ4v) is 2.40. The van der Waals surface area contributed by atoms with Crippen LogP contribution in [-0.2, 0) is 14.3 Å². The summed E-state index contributed by atoms with van der Waals surface area (Å²) in [6.07, 6.45) is 4.17. The lowest BCUT2D eigenvalue weighted by molar-refractivity contribution is -0.135. The molecule has 1 heterocycles.